The summed E-state index contributed by atoms with van der Waals surface area (Å²) in [5, 5.41) is 8.70. The summed E-state index contributed by atoms with van der Waals surface area (Å²) in [4.78, 5) is 11.5. The molecule has 1 N–H and O–H groups in total. The van der Waals surface area contributed by atoms with Gasteiger partial charge in [0.25, 0.3) is 0 Å². The van der Waals surface area contributed by atoms with Crippen LogP contribution in [0.25, 0.3) is 0 Å². The molecule has 0 saturated heterocycles. The molecule has 1 rings (SSSR count). The van der Waals surface area contributed by atoms with Crippen molar-refractivity contribution in [3.8, 4) is 0 Å². The predicted octanol–water partition coefficient (Wildman–Crippen LogP) is 3.17. The molecule has 0 aromatic heterocycles. The number of thioether (sulfide) groups is 1. The van der Waals surface area contributed by atoms with Crippen molar-refractivity contribution in [1.82, 2.24) is 0 Å². The Morgan fingerprint density at radius 2 is 1.93 bits per heavy atom. The van der Waals surface area contributed by atoms with Gasteiger partial charge < -0.3 is 5.11 Å². The first kappa shape index (κ1) is 12.0. The second kappa shape index (κ2) is 4.66. The highest BCUT2D eigenvalue weighted by atomic mass is 32.2. The zero-order valence-electron chi connectivity index (χ0n) is 8.66. The standard InChI is InChI=1S/C11H13FO2S/c1-11(2,7-10(13)14)15-9-5-3-8(12)4-6-9/h3-6H,7H2,1-2H3,(H,13,14). The number of rotatable bonds is 4. The molecule has 0 atom stereocenters. The highest BCUT2D eigenvalue weighted by molar-refractivity contribution is 8.00. The van der Waals surface area contributed by atoms with Gasteiger partial charge in [0.2, 0.25) is 0 Å². The number of hydrogen-bond acceptors (Lipinski definition) is 2. The van der Waals surface area contributed by atoms with Crippen LogP contribution in [0.5, 0.6) is 0 Å². The molecule has 0 fully saturated rings. The summed E-state index contributed by atoms with van der Waals surface area (Å²) in [6, 6.07) is 6.06. The Hall–Kier alpha value is -1.03. The molecule has 0 unspecified atom stereocenters. The molecule has 0 aliphatic heterocycles. The molecule has 0 bridgehead atoms. The van der Waals surface area contributed by atoms with Gasteiger partial charge >= 0.3 is 5.97 Å². The fourth-order valence-corrected chi connectivity index (χ4v) is 2.33. The van der Waals surface area contributed by atoms with E-state index in [1.54, 1.807) is 12.1 Å². The Morgan fingerprint density at radius 1 is 1.40 bits per heavy atom. The Balaban J connectivity index is 2.68. The molecule has 0 heterocycles. The van der Waals surface area contributed by atoms with Crippen LogP contribution in [0.3, 0.4) is 0 Å². The van der Waals surface area contributed by atoms with Crippen LogP contribution in [0.15, 0.2) is 29.2 Å². The van der Waals surface area contributed by atoms with E-state index in [4.69, 9.17) is 5.11 Å². The third kappa shape index (κ3) is 4.34. The lowest BCUT2D eigenvalue weighted by atomic mass is 10.1. The SMILES string of the molecule is CC(C)(CC(=O)O)Sc1ccc(F)cc1. The van der Waals surface area contributed by atoms with Crippen molar-refractivity contribution in [3.63, 3.8) is 0 Å². The van der Waals surface area contributed by atoms with Crippen LogP contribution in [0, 0.1) is 5.82 Å². The smallest absolute Gasteiger partial charge is 0.304 e. The van der Waals surface area contributed by atoms with Crippen molar-refractivity contribution in [2.45, 2.75) is 29.9 Å². The molecule has 0 aliphatic rings. The van der Waals surface area contributed by atoms with Crippen molar-refractivity contribution in [2.24, 2.45) is 0 Å². The van der Waals surface area contributed by atoms with Crippen molar-refractivity contribution < 1.29 is 14.3 Å². The first-order valence-electron chi connectivity index (χ1n) is 4.55. The van der Waals surface area contributed by atoms with E-state index in [2.05, 4.69) is 0 Å². The van der Waals surface area contributed by atoms with Crippen LogP contribution in [0.1, 0.15) is 20.3 Å². The number of carbonyl (C=O) groups is 1. The van der Waals surface area contributed by atoms with E-state index in [0.29, 0.717) is 0 Å². The number of halogens is 1. The van der Waals surface area contributed by atoms with Gasteiger partial charge in [0, 0.05) is 9.64 Å². The summed E-state index contributed by atoms with van der Waals surface area (Å²) in [6.07, 6.45) is 0.0784. The molecule has 4 heteroatoms. The minimum atomic E-state index is -0.824. The third-order valence-electron chi connectivity index (χ3n) is 1.78. The molecule has 82 valence electrons. The van der Waals surface area contributed by atoms with E-state index in [1.807, 2.05) is 13.8 Å². The third-order valence-corrected chi connectivity index (χ3v) is 2.99. The van der Waals surface area contributed by atoms with Crippen molar-refractivity contribution in [2.75, 3.05) is 0 Å². The average molecular weight is 228 g/mol. The number of aliphatic carboxylic acids is 1. The summed E-state index contributed by atoms with van der Waals surface area (Å²) < 4.78 is 12.2. The second-order valence-corrected chi connectivity index (χ2v) is 5.67. The summed E-state index contributed by atoms with van der Waals surface area (Å²) in [5.41, 5.74) is 0. The van der Waals surface area contributed by atoms with Crippen LogP contribution in [0.2, 0.25) is 0 Å². The maximum Gasteiger partial charge on any atom is 0.304 e. The Morgan fingerprint density at radius 3 is 2.40 bits per heavy atom. The predicted molar refractivity (Wildman–Crippen MR) is 58.6 cm³/mol. The lowest BCUT2D eigenvalue weighted by molar-refractivity contribution is -0.137. The number of carboxylic acid groups (broad SMARTS) is 1. The molecule has 2 nitrogen and oxygen atoms in total. The van der Waals surface area contributed by atoms with Crippen molar-refractivity contribution in [3.05, 3.63) is 30.1 Å². The van der Waals surface area contributed by atoms with Crippen molar-refractivity contribution >= 4 is 17.7 Å². The van der Waals surface area contributed by atoms with E-state index in [-0.39, 0.29) is 17.0 Å². The highest BCUT2D eigenvalue weighted by Crippen LogP contribution is 2.34. The monoisotopic (exact) mass is 228 g/mol. The largest absolute Gasteiger partial charge is 0.481 e. The molecular formula is C11H13FO2S. The molecule has 0 radical (unpaired) electrons. The molecule has 0 spiro atoms. The molecule has 15 heavy (non-hydrogen) atoms. The van der Waals surface area contributed by atoms with Gasteiger partial charge in [-0.25, -0.2) is 4.39 Å². The molecule has 1 aromatic rings. The van der Waals surface area contributed by atoms with E-state index in [0.717, 1.165) is 4.90 Å². The molecule has 0 amide bonds. The Kier molecular flexibility index (Phi) is 3.74. The van der Waals surface area contributed by atoms with Crippen LogP contribution < -0.4 is 0 Å². The maximum atomic E-state index is 12.6. The fraction of sp³-hybridized carbons (Fsp3) is 0.364. The van der Waals surface area contributed by atoms with Crippen molar-refractivity contribution in [1.29, 1.82) is 0 Å². The van der Waals surface area contributed by atoms with Crippen LogP contribution in [0.4, 0.5) is 4.39 Å². The zero-order chi connectivity index (χ0) is 11.5. The van der Waals surface area contributed by atoms with Gasteiger partial charge in [-0.15, -0.1) is 11.8 Å². The van der Waals surface area contributed by atoms with Crippen LogP contribution >= 0.6 is 11.8 Å². The molecule has 1 aromatic carbocycles. The number of hydrogen-bond donors (Lipinski definition) is 1. The Bertz CT molecular complexity index is 346. The topological polar surface area (TPSA) is 37.3 Å². The molecule has 0 saturated carbocycles. The van der Waals surface area contributed by atoms with E-state index in [9.17, 15) is 9.18 Å². The van der Waals surface area contributed by atoms with Gasteiger partial charge in [0.1, 0.15) is 5.82 Å². The summed E-state index contributed by atoms with van der Waals surface area (Å²) >= 11 is 1.44. The van der Waals surface area contributed by atoms with Crippen LogP contribution in [-0.4, -0.2) is 15.8 Å². The summed E-state index contributed by atoms with van der Waals surface area (Å²) in [5.74, 6) is -1.11. The van der Waals surface area contributed by atoms with Gasteiger partial charge in [-0.3, -0.25) is 4.79 Å². The summed E-state index contributed by atoms with van der Waals surface area (Å²) in [6.45, 7) is 3.71. The van der Waals surface area contributed by atoms with Gasteiger partial charge in [-0.05, 0) is 38.1 Å². The van der Waals surface area contributed by atoms with E-state index < -0.39 is 5.97 Å². The van der Waals surface area contributed by atoms with Gasteiger partial charge in [-0.1, -0.05) is 0 Å². The van der Waals surface area contributed by atoms with Gasteiger partial charge in [0.05, 0.1) is 6.42 Å². The van der Waals surface area contributed by atoms with E-state index in [1.165, 1.54) is 23.9 Å². The second-order valence-electron chi connectivity index (χ2n) is 3.89. The minimum absolute atomic E-state index is 0.0784. The van der Waals surface area contributed by atoms with Gasteiger partial charge in [0.15, 0.2) is 0 Å². The lowest BCUT2D eigenvalue weighted by Gasteiger charge is -2.21. The Labute approximate surface area is 92.5 Å². The quantitative estimate of drug-likeness (QED) is 0.804. The highest BCUT2D eigenvalue weighted by Gasteiger charge is 2.22. The minimum Gasteiger partial charge on any atom is -0.481 e. The first-order chi connectivity index (χ1) is 6.89. The maximum absolute atomic E-state index is 12.6. The first-order valence-corrected chi connectivity index (χ1v) is 5.37. The zero-order valence-corrected chi connectivity index (χ0v) is 9.47. The average Bonchev–Trinajstić information content (AvgIpc) is 2.06. The fourth-order valence-electron chi connectivity index (χ4n) is 1.22. The number of benzene rings is 1. The van der Waals surface area contributed by atoms with Gasteiger partial charge in [-0.2, -0.15) is 0 Å². The number of carboxylic acids is 1. The molecule has 0 aliphatic carbocycles. The molecular weight excluding hydrogens is 215 g/mol. The summed E-state index contributed by atoms with van der Waals surface area (Å²) in [7, 11) is 0. The normalized spacial score (nSPS) is 11.4. The lowest BCUT2D eigenvalue weighted by Crippen LogP contribution is -2.19. The van der Waals surface area contributed by atoms with E-state index >= 15 is 0 Å². The van der Waals surface area contributed by atoms with Crippen LogP contribution in [-0.2, 0) is 4.79 Å².